The van der Waals surface area contributed by atoms with Crippen molar-refractivity contribution in [3.05, 3.63) is 48.5 Å². The lowest BCUT2D eigenvalue weighted by Gasteiger charge is -2.50. The first-order valence-corrected chi connectivity index (χ1v) is 12.6. The van der Waals surface area contributed by atoms with Crippen molar-refractivity contribution in [1.82, 2.24) is 29.7 Å². The van der Waals surface area contributed by atoms with E-state index in [0.29, 0.717) is 40.0 Å². The van der Waals surface area contributed by atoms with Gasteiger partial charge >= 0.3 is 0 Å². The van der Waals surface area contributed by atoms with Gasteiger partial charge in [-0.2, -0.15) is 10.2 Å². The number of nitrogens with zero attached hydrogens (tertiary/aromatic N) is 5. The summed E-state index contributed by atoms with van der Waals surface area (Å²) >= 11 is 0. The van der Waals surface area contributed by atoms with Crippen molar-refractivity contribution in [2.75, 3.05) is 18.4 Å². The molecule has 35 heavy (non-hydrogen) atoms. The molecule has 0 bridgehead atoms. The smallest absolute Gasteiger partial charge is 0.259 e. The first-order chi connectivity index (χ1) is 17.1. The van der Waals surface area contributed by atoms with E-state index in [-0.39, 0.29) is 12.0 Å². The average Bonchev–Trinajstić information content (AvgIpc) is 3.41. The fraction of sp³-hybridized carbons (Fsp3) is 0.462. The standard InChI is InChI=1S/C26H29N7O2/c1-16-11-26(14-27-15-26)6-5-22(16)33-13-17-9-19(23(10-20(17)31-33)35-18-3-4-18)25(34)30-21-12-29-32-8-2-7-28-24(21)32/h2,7-10,12-13,16,18,22,27H,3-6,11,14-15H2,1H3,(H,30,34)/t16-,22-/m1/s1. The highest BCUT2D eigenvalue weighted by molar-refractivity contribution is 6.09. The number of rotatable bonds is 5. The SMILES string of the molecule is C[C@@H]1CC2(CC[C@H]1n1cc3cc(C(=O)Nc4cnn5cccnc45)c(OC4CC4)cc3n1)CNC2. The first kappa shape index (κ1) is 20.9. The molecule has 1 spiro atoms. The van der Waals surface area contributed by atoms with Crippen LogP contribution < -0.4 is 15.4 Å². The molecule has 3 aliphatic rings. The Morgan fingerprint density at radius 2 is 2.14 bits per heavy atom. The molecule has 3 fully saturated rings. The monoisotopic (exact) mass is 471 g/mol. The summed E-state index contributed by atoms with van der Waals surface area (Å²) in [6.45, 7) is 4.64. The molecule has 1 aromatic carbocycles. The molecular formula is C26H29N7O2. The van der Waals surface area contributed by atoms with Crippen LogP contribution in [0.15, 0.2) is 43.0 Å². The number of fused-ring (bicyclic) bond motifs is 2. The highest BCUT2D eigenvalue weighted by Crippen LogP contribution is 2.46. The first-order valence-electron chi connectivity index (χ1n) is 12.6. The molecule has 0 unspecified atom stereocenters. The van der Waals surface area contributed by atoms with E-state index in [1.165, 1.54) is 12.8 Å². The van der Waals surface area contributed by atoms with Crippen LogP contribution in [0.2, 0.25) is 0 Å². The van der Waals surface area contributed by atoms with E-state index < -0.39 is 0 Å². The maximum atomic E-state index is 13.4. The van der Waals surface area contributed by atoms with E-state index >= 15 is 0 Å². The molecule has 7 rings (SSSR count). The Balaban J connectivity index is 1.21. The summed E-state index contributed by atoms with van der Waals surface area (Å²) in [5, 5.41) is 16.6. The van der Waals surface area contributed by atoms with Crippen molar-refractivity contribution < 1.29 is 9.53 Å². The summed E-state index contributed by atoms with van der Waals surface area (Å²) in [7, 11) is 0. The molecule has 1 amide bonds. The maximum absolute atomic E-state index is 13.4. The van der Waals surface area contributed by atoms with Gasteiger partial charge in [0.15, 0.2) is 5.65 Å². The maximum Gasteiger partial charge on any atom is 0.259 e. The molecular weight excluding hydrogens is 442 g/mol. The van der Waals surface area contributed by atoms with Gasteiger partial charge in [0, 0.05) is 43.1 Å². The van der Waals surface area contributed by atoms with Crippen LogP contribution in [-0.4, -0.2) is 49.5 Å². The molecule has 4 aromatic rings. The minimum atomic E-state index is -0.235. The van der Waals surface area contributed by atoms with Gasteiger partial charge < -0.3 is 15.4 Å². The van der Waals surface area contributed by atoms with Crippen molar-refractivity contribution in [2.45, 2.75) is 51.2 Å². The van der Waals surface area contributed by atoms with E-state index in [0.717, 1.165) is 43.3 Å². The zero-order valence-corrected chi connectivity index (χ0v) is 19.8. The van der Waals surface area contributed by atoms with Crippen LogP contribution in [0.3, 0.4) is 0 Å². The van der Waals surface area contributed by atoms with Crippen LogP contribution in [0.25, 0.3) is 16.6 Å². The molecule has 9 nitrogen and oxygen atoms in total. The third-order valence-corrected chi connectivity index (χ3v) is 7.94. The second kappa shape index (κ2) is 7.78. The molecule has 180 valence electrons. The van der Waals surface area contributed by atoms with E-state index in [9.17, 15) is 4.79 Å². The number of benzene rings is 1. The number of hydrogen-bond donors (Lipinski definition) is 2. The van der Waals surface area contributed by atoms with E-state index in [1.807, 2.05) is 12.1 Å². The molecule has 4 heterocycles. The second-order valence-corrected chi connectivity index (χ2v) is 10.6. The topological polar surface area (TPSA) is 98.4 Å². The Morgan fingerprint density at radius 3 is 2.91 bits per heavy atom. The number of carbonyl (C=O) groups excluding carboxylic acids is 1. The number of carbonyl (C=O) groups is 1. The van der Waals surface area contributed by atoms with E-state index in [1.54, 1.807) is 29.2 Å². The van der Waals surface area contributed by atoms with Gasteiger partial charge in [-0.1, -0.05) is 6.92 Å². The molecule has 9 heteroatoms. The number of ether oxygens (including phenoxy) is 1. The Kier molecular flexibility index (Phi) is 4.64. The van der Waals surface area contributed by atoms with Crippen LogP contribution in [-0.2, 0) is 0 Å². The van der Waals surface area contributed by atoms with Crippen molar-refractivity contribution in [3.63, 3.8) is 0 Å². The van der Waals surface area contributed by atoms with Crippen LogP contribution in [0, 0.1) is 11.3 Å². The molecule has 3 aromatic heterocycles. The summed E-state index contributed by atoms with van der Waals surface area (Å²) in [5.74, 6) is 0.915. The second-order valence-electron chi connectivity index (χ2n) is 10.6. The van der Waals surface area contributed by atoms with Gasteiger partial charge in [-0.3, -0.25) is 9.48 Å². The van der Waals surface area contributed by atoms with Crippen LogP contribution in [0.4, 0.5) is 5.69 Å². The molecule has 0 radical (unpaired) electrons. The quantitative estimate of drug-likeness (QED) is 0.459. The summed E-state index contributed by atoms with van der Waals surface area (Å²) in [4.78, 5) is 17.7. The van der Waals surface area contributed by atoms with Crippen LogP contribution in [0.5, 0.6) is 5.75 Å². The largest absolute Gasteiger partial charge is 0.490 e. The summed E-state index contributed by atoms with van der Waals surface area (Å²) in [5.41, 5.74) is 3.04. The summed E-state index contributed by atoms with van der Waals surface area (Å²) in [6, 6.07) is 6.02. The summed E-state index contributed by atoms with van der Waals surface area (Å²) in [6.07, 6.45) is 13.0. The van der Waals surface area contributed by atoms with Gasteiger partial charge in [0.1, 0.15) is 11.4 Å². The van der Waals surface area contributed by atoms with Gasteiger partial charge in [-0.25, -0.2) is 9.50 Å². The van der Waals surface area contributed by atoms with Crippen molar-refractivity contribution in [1.29, 1.82) is 0 Å². The Labute approximate surface area is 202 Å². The Bertz CT molecular complexity index is 1430. The highest BCUT2D eigenvalue weighted by Gasteiger charge is 2.43. The number of hydrogen-bond acceptors (Lipinski definition) is 6. The average molecular weight is 472 g/mol. The van der Waals surface area contributed by atoms with Gasteiger partial charge in [0.05, 0.1) is 29.4 Å². The van der Waals surface area contributed by atoms with Crippen molar-refractivity contribution in [2.24, 2.45) is 11.3 Å². The summed E-state index contributed by atoms with van der Waals surface area (Å²) < 4.78 is 9.93. The van der Waals surface area contributed by atoms with Crippen LogP contribution >= 0.6 is 0 Å². The zero-order valence-electron chi connectivity index (χ0n) is 19.8. The lowest BCUT2D eigenvalue weighted by Crippen LogP contribution is -2.56. The number of amides is 1. The number of anilines is 1. The number of aromatic nitrogens is 5. The van der Waals surface area contributed by atoms with Gasteiger partial charge in [-0.05, 0) is 55.6 Å². The molecule has 1 aliphatic heterocycles. The fourth-order valence-corrected chi connectivity index (χ4v) is 5.84. The third-order valence-electron chi connectivity index (χ3n) is 7.94. The van der Waals surface area contributed by atoms with E-state index in [4.69, 9.17) is 9.84 Å². The lowest BCUT2D eigenvalue weighted by atomic mass is 9.65. The molecule has 1 saturated heterocycles. The molecule has 2 N–H and O–H groups in total. The molecule has 2 aliphatic carbocycles. The Hall–Kier alpha value is -3.46. The molecule has 2 saturated carbocycles. The van der Waals surface area contributed by atoms with Crippen molar-refractivity contribution >= 4 is 28.1 Å². The van der Waals surface area contributed by atoms with Crippen LogP contribution in [0.1, 0.15) is 55.4 Å². The zero-order chi connectivity index (χ0) is 23.6. The van der Waals surface area contributed by atoms with E-state index in [2.05, 4.69) is 38.5 Å². The van der Waals surface area contributed by atoms with Gasteiger partial charge in [-0.15, -0.1) is 0 Å². The normalized spacial score (nSPS) is 23.5. The lowest BCUT2D eigenvalue weighted by molar-refractivity contribution is 0.0452. The fourth-order valence-electron chi connectivity index (χ4n) is 5.84. The highest BCUT2D eigenvalue weighted by atomic mass is 16.5. The number of nitrogens with one attached hydrogen (secondary N) is 2. The minimum Gasteiger partial charge on any atom is -0.490 e. The predicted molar refractivity (Wildman–Crippen MR) is 132 cm³/mol. The Morgan fingerprint density at radius 1 is 1.26 bits per heavy atom. The molecule has 2 atom stereocenters. The third kappa shape index (κ3) is 3.65. The van der Waals surface area contributed by atoms with Gasteiger partial charge in [0.2, 0.25) is 0 Å². The predicted octanol–water partition coefficient (Wildman–Crippen LogP) is 3.82. The van der Waals surface area contributed by atoms with Crippen molar-refractivity contribution in [3.8, 4) is 5.75 Å². The minimum absolute atomic E-state index is 0.172. The van der Waals surface area contributed by atoms with Gasteiger partial charge in [0.25, 0.3) is 5.91 Å².